The zero-order chi connectivity index (χ0) is 31.9. The third-order valence-corrected chi connectivity index (χ3v) is 8.74. The number of nitrogens with zero attached hydrogens (tertiary/aromatic N) is 4. The molecule has 9 aromatic rings. The summed E-state index contributed by atoms with van der Waals surface area (Å²) < 4.78 is 11.3. The second-order valence-corrected chi connectivity index (χ2v) is 11.5. The van der Waals surface area contributed by atoms with Crippen molar-refractivity contribution in [3.8, 4) is 67.7 Å². The Morgan fingerprint density at radius 1 is 0.333 bits per heavy atom. The summed E-state index contributed by atoms with van der Waals surface area (Å²) in [4.78, 5) is 18.6. The molecule has 9 rings (SSSR count). The summed E-state index contributed by atoms with van der Waals surface area (Å²) in [6.45, 7) is 0. The van der Waals surface area contributed by atoms with E-state index in [1.54, 1.807) is 24.9 Å². The first kappa shape index (κ1) is 27.6. The van der Waals surface area contributed by atoms with E-state index in [2.05, 4.69) is 107 Å². The number of fused-ring (bicyclic) bond motifs is 2. The van der Waals surface area contributed by atoms with Crippen LogP contribution in [0.1, 0.15) is 0 Å². The Kier molecular flexibility index (Phi) is 6.68. The van der Waals surface area contributed by atoms with Crippen LogP contribution in [0.25, 0.3) is 89.2 Å². The number of rotatable bonds is 6. The van der Waals surface area contributed by atoms with Gasteiger partial charge in [0.2, 0.25) is 11.8 Å². The minimum atomic E-state index is 0.552. The van der Waals surface area contributed by atoms with Gasteiger partial charge in [0.05, 0.1) is 23.8 Å². The molecule has 0 N–H and O–H groups in total. The SMILES string of the molecule is c1ccc(-c2ccc(-c3ccc4c(-c5cc(-c6ncco6)ccn5)c5ccccc5c(-c5cc(-c6ncco6)ccn5)c4c3)cc2)cc1. The summed E-state index contributed by atoms with van der Waals surface area (Å²) in [6.07, 6.45) is 10.1. The van der Waals surface area contributed by atoms with Crippen molar-refractivity contribution in [2.45, 2.75) is 0 Å². The van der Waals surface area contributed by atoms with Crippen LogP contribution in [0.2, 0.25) is 0 Å². The number of aromatic nitrogens is 4. The molecule has 6 heteroatoms. The van der Waals surface area contributed by atoms with Crippen molar-refractivity contribution in [3.05, 3.63) is 159 Å². The van der Waals surface area contributed by atoms with E-state index in [4.69, 9.17) is 18.8 Å². The van der Waals surface area contributed by atoms with Crippen molar-refractivity contribution < 1.29 is 8.83 Å². The summed E-state index contributed by atoms with van der Waals surface area (Å²) in [5.41, 5.74) is 10.1. The Labute approximate surface area is 276 Å². The molecule has 226 valence electrons. The molecule has 0 radical (unpaired) electrons. The fourth-order valence-electron chi connectivity index (χ4n) is 6.53. The Morgan fingerprint density at radius 2 is 0.812 bits per heavy atom. The molecule has 0 amide bonds. The molecule has 0 unspecified atom stereocenters. The Balaban J connectivity index is 1.30. The quantitative estimate of drug-likeness (QED) is 0.173. The first-order valence-electron chi connectivity index (χ1n) is 15.7. The Hall–Kier alpha value is -6.66. The van der Waals surface area contributed by atoms with Gasteiger partial charge in [-0.05, 0) is 74.1 Å². The lowest BCUT2D eigenvalue weighted by Crippen LogP contribution is -1.95. The van der Waals surface area contributed by atoms with Gasteiger partial charge in [0.1, 0.15) is 12.5 Å². The second-order valence-electron chi connectivity index (χ2n) is 11.5. The van der Waals surface area contributed by atoms with Gasteiger partial charge in [0.25, 0.3) is 0 Å². The van der Waals surface area contributed by atoms with Crippen molar-refractivity contribution >= 4 is 21.5 Å². The van der Waals surface area contributed by atoms with E-state index >= 15 is 0 Å². The molecule has 0 saturated carbocycles. The Morgan fingerprint density at radius 3 is 1.38 bits per heavy atom. The van der Waals surface area contributed by atoms with Gasteiger partial charge < -0.3 is 8.83 Å². The molecule has 0 fully saturated rings. The predicted molar refractivity (Wildman–Crippen MR) is 190 cm³/mol. The normalized spacial score (nSPS) is 11.3. The highest BCUT2D eigenvalue weighted by Crippen LogP contribution is 2.45. The summed E-state index contributed by atoms with van der Waals surface area (Å²) >= 11 is 0. The highest BCUT2D eigenvalue weighted by atomic mass is 16.3. The maximum atomic E-state index is 5.66. The summed E-state index contributed by atoms with van der Waals surface area (Å²) in [6, 6.07) is 42.2. The summed E-state index contributed by atoms with van der Waals surface area (Å²) in [5.74, 6) is 1.10. The molecule has 0 spiro atoms. The van der Waals surface area contributed by atoms with Crippen molar-refractivity contribution in [2.75, 3.05) is 0 Å². The predicted octanol–water partition coefficient (Wildman–Crippen LogP) is 10.8. The van der Waals surface area contributed by atoms with Crippen molar-refractivity contribution in [3.63, 3.8) is 0 Å². The molecule has 0 bridgehead atoms. The molecule has 4 aromatic heterocycles. The van der Waals surface area contributed by atoms with Gasteiger partial charge in [-0.1, -0.05) is 91.0 Å². The Bertz CT molecular complexity index is 2540. The van der Waals surface area contributed by atoms with E-state index in [1.807, 2.05) is 36.7 Å². The fraction of sp³-hybridized carbons (Fsp3) is 0. The molecule has 0 aliphatic heterocycles. The second kappa shape index (κ2) is 11.6. The minimum Gasteiger partial charge on any atom is -0.445 e. The lowest BCUT2D eigenvalue weighted by atomic mass is 9.86. The van der Waals surface area contributed by atoms with Crippen molar-refractivity contribution in [2.24, 2.45) is 0 Å². The maximum absolute atomic E-state index is 5.66. The molecule has 0 atom stereocenters. The van der Waals surface area contributed by atoms with E-state index in [0.717, 1.165) is 66.3 Å². The van der Waals surface area contributed by atoms with Gasteiger partial charge in [-0.15, -0.1) is 0 Å². The van der Waals surface area contributed by atoms with Crippen LogP contribution in [-0.4, -0.2) is 19.9 Å². The van der Waals surface area contributed by atoms with Crippen LogP contribution in [-0.2, 0) is 0 Å². The molecule has 5 aromatic carbocycles. The molecule has 6 nitrogen and oxygen atoms in total. The average Bonchev–Trinajstić information content (AvgIpc) is 3.90. The van der Waals surface area contributed by atoms with Crippen LogP contribution >= 0.6 is 0 Å². The van der Waals surface area contributed by atoms with Gasteiger partial charge in [0, 0.05) is 34.6 Å². The van der Waals surface area contributed by atoms with Crippen molar-refractivity contribution in [1.29, 1.82) is 0 Å². The smallest absolute Gasteiger partial charge is 0.225 e. The zero-order valence-electron chi connectivity index (χ0n) is 25.6. The molecule has 0 saturated heterocycles. The maximum Gasteiger partial charge on any atom is 0.225 e. The van der Waals surface area contributed by atoms with Gasteiger partial charge in [0.15, 0.2) is 0 Å². The highest BCUT2D eigenvalue weighted by Gasteiger charge is 2.20. The van der Waals surface area contributed by atoms with Gasteiger partial charge in [-0.25, -0.2) is 9.97 Å². The van der Waals surface area contributed by atoms with Gasteiger partial charge in [-0.3, -0.25) is 9.97 Å². The van der Waals surface area contributed by atoms with Gasteiger partial charge in [-0.2, -0.15) is 0 Å². The number of benzene rings is 5. The van der Waals surface area contributed by atoms with Crippen LogP contribution in [0, 0.1) is 0 Å². The van der Waals surface area contributed by atoms with Crippen LogP contribution < -0.4 is 0 Å². The number of hydrogen-bond donors (Lipinski definition) is 0. The first-order chi connectivity index (χ1) is 23.8. The fourth-order valence-corrected chi connectivity index (χ4v) is 6.53. The lowest BCUT2D eigenvalue weighted by Gasteiger charge is -2.18. The monoisotopic (exact) mass is 618 g/mol. The van der Waals surface area contributed by atoms with E-state index in [0.29, 0.717) is 11.8 Å². The van der Waals surface area contributed by atoms with E-state index < -0.39 is 0 Å². The zero-order valence-corrected chi connectivity index (χ0v) is 25.6. The molecular formula is C42H26N4O2. The third-order valence-electron chi connectivity index (χ3n) is 8.74. The molecule has 4 heterocycles. The molecule has 0 aliphatic carbocycles. The standard InChI is InChI=1S/C42H26N4O2/c1-2-6-27(7-3-1)28-10-12-29(13-11-28)30-14-15-35-36(24-30)40(38-26-32(17-19-44-38)42-46-21-23-48-42)34-9-5-4-8-33(34)39(35)37-25-31(16-18-43-37)41-45-20-22-47-41/h1-26H. The molecular weight excluding hydrogens is 592 g/mol. The van der Waals surface area contributed by atoms with Crippen LogP contribution in [0.4, 0.5) is 0 Å². The lowest BCUT2D eigenvalue weighted by molar-refractivity contribution is 0.574. The first-order valence-corrected chi connectivity index (χ1v) is 15.7. The third kappa shape index (κ3) is 4.84. The van der Waals surface area contributed by atoms with Crippen LogP contribution in [0.15, 0.2) is 167 Å². The largest absolute Gasteiger partial charge is 0.445 e. The van der Waals surface area contributed by atoms with Crippen molar-refractivity contribution in [1.82, 2.24) is 19.9 Å². The van der Waals surface area contributed by atoms with Crippen LogP contribution in [0.3, 0.4) is 0 Å². The number of hydrogen-bond acceptors (Lipinski definition) is 6. The average molecular weight is 619 g/mol. The number of oxazole rings is 2. The minimum absolute atomic E-state index is 0.552. The number of pyridine rings is 2. The van der Waals surface area contributed by atoms with E-state index in [9.17, 15) is 0 Å². The van der Waals surface area contributed by atoms with Crippen LogP contribution in [0.5, 0.6) is 0 Å². The summed E-state index contributed by atoms with van der Waals surface area (Å²) in [5, 5.41) is 4.26. The van der Waals surface area contributed by atoms with E-state index in [-0.39, 0.29) is 0 Å². The van der Waals surface area contributed by atoms with E-state index in [1.165, 1.54) is 11.1 Å². The topological polar surface area (TPSA) is 77.8 Å². The molecule has 48 heavy (non-hydrogen) atoms. The summed E-state index contributed by atoms with van der Waals surface area (Å²) in [7, 11) is 0. The molecule has 0 aliphatic rings. The highest BCUT2D eigenvalue weighted by molar-refractivity contribution is 6.21. The van der Waals surface area contributed by atoms with Gasteiger partial charge >= 0.3 is 0 Å².